The van der Waals surface area contributed by atoms with Crippen LogP contribution in [-0.4, -0.2) is 27.5 Å². The minimum atomic E-state index is -3.67. The number of halogens is 2. The Morgan fingerprint density at radius 2 is 1.65 bits per heavy atom. The first kappa shape index (κ1) is 23.6. The number of furan rings is 1. The number of carbonyl (C=O) groups excluding carboxylic acids is 1. The Balaban J connectivity index is 2.09. The summed E-state index contributed by atoms with van der Waals surface area (Å²) in [5.74, 6) is -0.788. The van der Waals surface area contributed by atoms with E-state index in [1.165, 1.54) is 43.4 Å². The van der Waals surface area contributed by atoms with E-state index in [0.717, 1.165) is 10.6 Å². The second kappa shape index (κ2) is 8.68. The van der Waals surface area contributed by atoms with Crippen LogP contribution in [0.25, 0.3) is 33.4 Å². The molecule has 0 spiro atoms. The number of sulfonamides is 1. The van der Waals surface area contributed by atoms with Crippen LogP contribution in [0.5, 0.6) is 0 Å². The Labute approximate surface area is 196 Å². The van der Waals surface area contributed by atoms with E-state index in [9.17, 15) is 22.0 Å². The summed E-state index contributed by atoms with van der Waals surface area (Å²) in [6, 6.07) is 13.4. The van der Waals surface area contributed by atoms with Gasteiger partial charge in [-0.15, -0.1) is 0 Å². The number of anilines is 1. The first-order valence-electron chi connectivity index (χ1n) is 10.6. The molecule has 0 aliphatic carbocycles. The number of carbonyl (C=O) groups is 1. The first-order chi connectivity index (χ1) is 16.0. The van der Waals surface area contributed by atoms with Gasteiger partial charge in [-0.3, -0.25) is 9.10 Å². The fourth-order valence-corrected chi connectivity index (χ4v) is 4.33. The molecular formula is C26H23F2NO4S. The minimum absolute atomic E-state index is 0.191. The van der Waals surface area contributed by atoms with E-state index in [1.807, 2.05) is 0 Å². The van der Waals surface area contributed by atoms with Crippen LogP contribution in [-0.2, 0) is 10.0 Å². The van der Waals surface area contributed by atoms with E-state index in [1.54, 1.807) is 32.0 Å². The second-order valence-electron chi connectivity index (χ2n) is 8.15. The summed E-state index contributed by atoms with van der Waals surface area (Å²) < 4.78 is 59.8. The molecule has 3 aromatic carbocycles. The lowest BCUT2D eigenvalue weighted by atomic mass is 9.96. The van der Waals surface area contributed by atoms with E-state index in [0.29, 0.717) is 33.2 Å². The molecule has 0 unspecified atom stereocenters. The van der Waals surface area contributed by atoms with Crippen LogP contribution in [0.4, 0.5) is 14.5 Å². The van der Waals surface area contributed by atoms with Crippen LogP contribution >= 0.6 is 0 Å². The number of nitrogens with zero attached hydrogens (tertiary/aromatic N) is 1. The number of ketones is 1. The summed E-state index contributed by atoms with van der Waals surface area (Å²) in [6.07, 6.45) is 1.26. The topological polar surface area (TPSA) is 67.6 Å². The van der Waals surface area contributed by atoms with Gasteiger partial charge in [0.25, 0.3) is 0 Å². The van der Waals surface area contributed by atoms with Gasteiger partial charge in [-0.25, -0.2) is 17.2 Å². The summed E-state index contributed by atoms with van der Waals surface area (Å²) in [5.41, 5.74) is 2.71. The monoisotopic (exact) mass is 483 g/mol. The zero-order chi connectivity index (χ0) is 24.8. The molecule has 176 valence electrons. The molecule has 4 rings (SSSR count). The molecule has 0 bridgehead atoms. The average Bonchev–Trinajstić information content (AvgIpc) is 3.17. The summed E-state index contributed by atoms with van der Waals surface area (Å²) in [4.78, 5) is 13.0. The van der Waals surface area contributed by atoms with Gasteiger partial charge in [0.05, 0.1) is 17.5 Å². The van der Waals surface area contributed by atoms with Gasteiger partial charge in [0.2, 0.25) is 10.0 Å². The molecule has 0 fully saturated rings. The zero-order valence-corrected chi connectivity index (χ0v) is 20.0. The Hall–Kier alpha value is -3.52. The number of hydrogen-bond acceptors (Lipinski definition) is 4. The molecule has 0 N–H and O–H groups in total. The number of hydrogen-bond donors (Lipinski definition) is 0. The summed E-state index contributed by atoms with van der Waals surface area (Å²) in [5, 5.41) is 0.466. The van der Waals surface area contributed by atoms with Gasteiger partial charge in [0, 0.05) is 36.0 Å². The number of rotatable bonds is 6. The lowest BCUT2D eigenvalue weighted by Gasteiger charge is -2.21. The van der Waals surface area contributed by atoms with Crippen molar-refractivity contribution in [2.75, 3.05) is 17.6 Å². The SMILES string of the molecule is CCC(=O)c1c(-c2ccc(F)cc2)oc2cc(N(C)S(C)(=O)=O)c(-c3ccc(C)c(F)c3)cc12. The molecule has 0 amide bonds. The van der Waals surface area contributed by atoms with E-state index < -0.39 is 21.7 Å². The largest absolute Gasteiger partial charge is 0.455 e. The van der Waals surface area contributed by atoms with Crippen molar-refractivity contribution in [1.29, 1.82) is 0 Å². The van der Waals surface area contributed by atoms with Crippen LogP contribution in [0.1, 0.15) is 29.3 Å². The lowest BCUT2D eigenvalue weighted by molar-refractivity contribution is 0.0989. The Bertz CT molecular complexity index is 1520. The van der Waals surface area contributed by atoms with Crippen LogP contribution in [0.2, 0.25) is 0 Å². The third kappa shape index (κ3) is 4.21. The van der Waals surface area contributed by atoms with Gasteiger partial charge in [-0.2, -0.15) is 0 Å². The van der Waals surface area contributed by atoms with Crippen molar-refractivity contribution in [3.8, 4) is 22.5 Å². The smallest absolute Gasteiger partial charge is 0.232 e. The molecule has 8 heteroatoms. The number of aryl methyl sites for hydroxylation is 1. The maximum atomic E-state index is 14.4. The summed E-state index contributed by atoms with van der Waals surface area (Å²) in [6.45, 7) is 3.35. The summed E-state index contributed by atoms with van der Waals surface area (Å²) in [7, 11) is -2.27. The Morgan fingerprint density at radius 1 is 1.00 bits per heavy atom. The predicted molar refractivity (Wildman–Crippen MR) is 130 cm³/mol. The maximum Gasteiger partial charge on any atom is 0.232 e. The molecule has 5 nitrogen and oxygen atoms in total. The number of Topliss-reactive ketones (excluding diaryl/α,β-unsaturated/α-hetero) is 1. The van der Waals surface area contributed by atoms with E-state index in [2.05, 4.69) is 0 Å². The van der Waals surface area contributed by atoms with Crippen molar-refractivity contribution >= 4 is 32.5 Å². The molecule has 4 aromatic rings. The molecule has 34 heavy (non-hydrogen) atoms. The highest BCUT2D eigenvalue weighted by Crippen LogP contribution is 2.41. The van der Waals surface area contributed by atoms with Gasteiger partial charge in [0.1, 0.15) is 23.0 Å². The van der Waals surface area contributed by atoms with Gasteiger partial charge in [-0.05, 0) is 54.4 Å². The molecule has 0 saturated carbocycles. The number of benzene rings is 3. The van der Waals surface area contributed by atoms with Crippen molar-refractivity contribution in [1.82, 2.24) is 0 Å². The van der Waals surface area contributed by atoms with Crippen molar-refractivity contribution < 1.29 is 26.4 Å². The fourth-order valence-electron chi connectivity index (χ4n) is 3.82. The second-order valence-corrected chi connectivity index (χ2v) is 10.2. The van der Waals surface area contributed by atoms with E-state index in [-0.39, 0.29) is 29.2 Å². The van der Waals surface area contributed by atoms with Crippen molar-refractivity contribution in [2.24, 2.45) is 0 Å². The van der Waals surface area contributed by atoms with Gasteiger partial charge >= 0.3 is 0 Å². The average molecular weight is 484 g/mol. The molecule has 0 atom stereocenters. The first-order valence-corrected chi connectivity index (χ1v) is 12.5. The van der Waals surface area contributed by atoms with Crippen LogP contribution in [0.3, 0.4) is 0 Å². The maximum absolute atomic E-state index is 14.4. The van der Waals surface area contributed by atoms with Crippen LogP contribution < -0.4 is 4.31 Å². The highest BCUT2D eigenvalue weighted by molar-refractivity contribution is 7.92. The molecule has 1 aromatic heterocycles. The highest BCUT2D eigenvalue weighted by Gasteiger charge is 2.25. The summed E-state index contributed by atoms with van der Waals surface area (Å²) >= 11 is 0. The Morgan fingerprint density at radius 3 is 2.24 bits per heavy atom. The third-order valence-corrected chi connectivity index (χ3v) is 7.02. The molecule has 1 heterocycles. The number of fused-ring (bicyclic) bond motifs is 1. The van der Waals surface area contributed by atoms with Crippen molar-refractivity contribution in [2.45, 2.75) is 20.3 Å². The molecule has 0 aliphatic heterocycles. The fraction of sp³-hybridized carbons (Fsp3) is 0.192. The minimum Gasteiger partial charge on any atom is -0.455 e. The Kier molecular flexibility index (Phi) is 6.03. The van der Waals surface area contributed by atoms with Gasteiger partial charge < -0.3 is 4.42 Å². The highest BCUT2D eigenvalue weighted by atomic mass is 32.2. The zero-order valence-electron chi connectivity index (χ0n) is 19.1. The van der Waals surface area contributed by atoms with E-state index in [4.69, 9.17) is 4.42 Å². The predicted octanol–water partition coefficient (Wildman–Crippen LogP) is 6.34. The normalized spacial score (nSPS) is 11.7. The van der Waals surface area contributed by atoms with Crippen molar-refractivity contribution in [3.05, 3.63) is 77.4 Å². The van der Waals surface area contributed by atoms with E-state index >= 15 is 0 Å². The van der Waals surface area contributed by atoms with Crippen LogP contribution in [0, 0.1) is 18.6 Å². The molecule has 0 saturated heterocycles. The molecule has 0 aliphatic rings. The van der Waals surface area contributed by atoms with Crippen molar-refractivity contribution in [3.63, 3.8) is 0 Å². The molecule has 0 radical (unpaired) electrons. The van der Waals surface area contributed by atoms with Gasteiger partial charge in [-0.1, -0.05) is 19.1 Å². The lowest BCUT2D eigenvalue weighted by Crippen LogP contribution is -2.25. The van der Waals surface area contributed by atoms with Gasteiger partial charge in [0.15, 0.2) is 5.78 Å². The van der Waals surface area contributed by atoms with Crippen LogP contribution in [0.15, 0.2) is 59.0 Å². The third-order valence-electron chi connectivity index (χ3n) is 5.83. The standard InChI is InChI=1S/C26H23F2NO4S/c1-5-23(30)25-20-13-19(17-7-6-15(2)21(28)12-17)22(29(3)34(4,31)32)14-24(20)33-26(25)16-8-10-18(27)11-9-16/h6-14H,5H2,1-4H3. The quantitative estimate of drug-likeness (QED) is 0.300. The molecular weight excluding hydrogens is 460 g/mol.